The molecule has 0 aliphatic carbocycles. The highest BCUT2D eigenvalue weighted by atomic mass is 35.5. The van der Waals surface area contributed by atoms with Crippen LogP contribution in [-0.4, -0.2) is 39.2 Å². The number of hydrogen-bond acceptors (Lipinski definition) is 4. The number of carboxylic acids is 1. The van der Waals surface area contributed by atoms with Gasteiger partial charge in [-0.15, -0.1) is 11.6 Å². The Hall–Kier alpha value is -3.00. The van der Waals surface area contributed by atoms with Gasteiger partial charge in [-0.3, -0.25) is 19.7 Å². The summed E-state index contributed by atoms with van der Waals surface area (Å²) in [6.07, 6.45) is 0.404. The van der Waals surface area contributed by atoms with Crippen molar-refractivity contribution in [2.75, 3.05) is 12.4 Å². The van der Waals surface area contributed by atoms with Crippen molar-refractivity contribution in [1.82, 2.24) is 4.90 Å². The van der Waals surface area contributed by atoms with Crippen molar-refractivity contribution in [2.45, 2.75) is 18.4 Å². The molecule has 0 unspecified atom stereocenters. The van der Waals surface area contributed by atoms with E-state index in [1.807, 2.05) is 0 Å². The number of aliphatic carboxylic acids is 1. The van der Waals surface area contributed by atoms with Gasteiger partial charge < -0.3 is 10.0 Å². The van der Waals surface area contributed by atoms with E-state index in [0.29, 0.717) is 12.0 Å². The molecule has 28 heavy (non-hydrogen) atoms. The predicted octanol–water partition coefficient (Wildman–Crippen LogP) is 3.73. The third-order valence-electron chi connectivity index (χ3n) is 4.74. The van der Waals surface area contributed by atoms with E-state index in [-0.39, 0.29) is 29.2 Å². The molecule has 0 fully saturated rings. The molecule has 1 aliphatic rings. The smallest absolute Gasteiger partial charge is 0.313 e. The Morgan fingerprint density at radius 2 is 1.93 bits per heavy atom. The Balaban J connectivity index is 2.20. The Bertz CT molecular complexity index is 934. The number of rotatable bonds is 6. The highest BCUT2D eigenvalue weighted by Crippen LogP contribution is 2.43. The number of alkyl halides is 1. The van der Waals surface area contributed by atoms with Crippen LogP contribution in [0.15, 0.2) is 42.5 Å². The van der Waals surface area contributed by atoms with Crippen molar-refractivity contribution in [3.63, 3.8) is 0 Å². The van der Waals surface area contributed by atoms with E-state index in [2.05, 4.69) is 0 Å². The highest BCUT2D eigenvalue weighted by Gasteiger charge is 2.44. The molecule has 0 bridgehead atoms. The highest BCUT2D eigenvalue weighted by molar-refractivity contribution is 6.17. The molecule has 0 spiro atoms. The van der Waals surface area contributed by atoms with Crippen LogP contribution in [0.2, 0.25) is 0 Å². The number of carbonyl (C=O) groups excluding carboxylic acids is 1. The number of non-ortho nitro benzene ring substituents is 1. The fourth-order valence-electron chi connectivity index (χ4n) is 3.52. The zero-order chi connectivity index (χ0) is 20.4. The third kappa shape index (κ3) is 3.55. The van der Waals surface area contributed by atoms with E-state index in [0.717, 1.165) is 6.07 Å². The zero-order valence-electron chi connectivity index (χ0n) is 14.5. The van der Waals surface area contributed by atoms with Crippen LogP contribution in [-0.2, 0) is 4.79 Å². The van der Waals surface area contributed by atoms with E-state index in [1.165, 1.54) is 41.3 Å². The largest absolute Gasteiger partial charge is 0.481 e. The number of benzene rings is 2. The molecule has 1 aliphatic heterocycles. The Morgan fingerprint density at radius 3 is 2.50 bits per heavy atom. The van der Waals surface area contributed by atoms with Crippen molar-refractivity contribution < 1.29 is 24.0 Å². The normalized spacial score (nSPS) is 18.6. The molecule has 9 heteroatoms. The number of fused-ring (bicyclic) bond motifs is 1. The number of amides is 1. The number of nitro benzene ring substituents is 1. The first-order valence-corrected chi connectivity index (χ1v) is 9.02. The molecule has 1 N–H and O–H groups in total. The molecule has 2 atom stereocenters. The van der Waals surface area contributed by atoms with Gasteiger partial charge >= 0.3 is 5.97 Å². The summed E-state index contributed by atoms with van der Waals surface area (Å²) < 4.78 is 13.4. The molecule has 0 saturated carbocycles. The zero-order valence-corrected chi connectivity index (χ0v) is 15.3. The van der Waals surface area contributed by atoms with E-state index >= 15 is 0 Å². The molecule has 146 valence electrons. The molecule has 2 aromatic carbocycles. The van der Waals surface area contributed by atoms with Crippen molar-refractivity contribution in [3.05, 3.63) is 75.1 Å². The van der Waals surface area contributed by atoms with E-state index in [4.69, 9.17) is 11.6 Å². The lowest BCUT2D eigenvalue weighted by Gasteiger charge is -2.40. The van der Waals surface area contributed by atoms with Gasteiger partial charge in [0.15, 0.2) is 0 Å². The molecule has 2 aromatic rings. The lowest BCUT2D eigenvalue weighted by Crippen LogP contribution is -2.45. The van der Waals surface area contributed by atoms with Crippen LogP contribution in [0.5, 0.6) is 0 Å². The van der Waals surface area contributed by atoms with Gasteiger partial charge in [-0.2, -0.15) is 0 Å². The topological polar surface area (TPSA) is 101 Å². The summed E-state index contributed by atoms with van der Waals surface area (Å²) >= 11 is 5.76. The average Bonchev–Trinajstić information content (AvgIpc) is 2.67. The summed E-state index contributed by atoms with van der Waals surface area (Å²) in [6.45, 7) is 0.163. The van der Waals surface area contributed by atoms with Crippen LogP contribution in [0.25, 0.3) is 0 Å². The Morgan fingerprint density at radius 1 is 1.25 bits per heavy atom. The third-order valence-corrected chi connectivity index (χ3v) is 5.00. The molecular weight excluding hydrogens is 391 g/mol. The van der Waals surface area contributed by atoms with Crippen LogP contribution < -0.4 is 0 Å². The first-order chi connectivity index (χ1) is 13.3. The number of carboxylic acid groups (broad SMARTS) is 1. The SMILES string of the molecule is O=C(O)[C@H]1c2ccc([N+](=O)[O-])cc2C(=O)N(CCCCl)[C@H]1c1ccc(F)cc1. The fraction of sp³-hybridized carbons (Fsp3) is 0.263. The maximum atomic E-state index is 13.4. The predicted molar refractivity (Wildman–Crippen MR) is 99.0 cm³/mol. The van der Waals surface area contributed by atoms with Crippen LogP contribution >= 0.6 is 11.6 Å². The van der Waals surface area contributed by atoms with Crippen molar-refractivity contribution in [3.8, 4) is 0 Å². The number of halogens is 2. The summed E-state index contributed by atoms with van der Waals surface area (Å²) in [5.74, 6) is -3.10. The van der Waals surface area contributed by atoms with E-state index in [9.17, 15) is 29.2 Å². The summed E-state index contributed by atoms with van der Waals surface area (Å²) in [4.78, 5) is 37.0. The van der Waals surface area contributed by atoms with Crippen LogP contribution in [0.1, 0.15) is 39.9 Å². The summed E-state index contributed by atoms with van der Waals surface area (Å²) in [5, 5.41) is 21.0. The molecular formula is C19H16ClFN2O5. The second kappa shape index (κ2) is 7.93. The van der Waals surface area contributed by atoms with Crippen LogP contribution in [0, 0.1) is 15.9 Å². The van der Waals surface area contributed by atoms with Gasteiger partial charge in [0.05, 0.1) is 16.5 Å². The number of nitro groups is 1. The Kier molecular flexibility index (Phi) is 5.60. The second-order valence-electron chi connectivity index (χ2n) is 6.38. The first-order valence-electron chi connectivity index (χ1n) is 8.48. The van der Waals surface area contributed by atoms with Crippen molar-refractivity contribution in [2.24, 2.45) is 0 Å². The van der Waals surface area contributed by atoms with Gasteiger partial charge in [0.1, 0.15) is 11.7 Å². The molecule has 3 rings (SSSR count). The molecule has 0 aromatic heterocycles. The van der Waals surface area contributed by atoms with Crippen LogP contribution in [0.4, 0.5) is 10.1 Å². The monoisotopic (exact) mass is 406 g/mol. The Labute approximate surface area is 164 Å². The van der Waals surface area contributed by atoms with E-state index in [1.54, 1.807) is 0 Å². The van der Waals surface area contributed by atoms with Gasteiger partial charge in [-0.05, 0) is 29.7 Å². The lowest BCUT2D eigenvalue weighted by atomic mass is 9.79. The average molecular weight is 407 g/mol. The first kappa shape index (κ1) is 19.8. The van der Waals surface area contributed by atoms with Gasteiger partial charge in [0, 0.05) is 24.6 Å². The minimum atomic E-state index is -1.19. The summed E-state index contributed by atoms with van der Waals surface area (Å²) in [5.41, 5.74) is 0.337. The molecule has 0 saturated heterocycles. The van der Waals surface area contributed by atoms with Gasteiger partial charge in [0.25, 0.3) is 11.6 Å². The maximum Gasteiger partial charge on any atom is 0.313 e. The molecule has 7 nitrogen and oxygen atoms in total. The molecule has 1 amide bonds. The van der Waals surface area contributed by atoms with Crippen molar-refractivity contribution >= 4 is 29.2 Å². The lowest BCUT2D eigenvalue weighted by molar-refractivity contribution is -0.384. The molecule has 1 heterocycles. The number of nitrogens with zero attached hydrogens (tertiary/aromatic N) is 2. The van der Waals surface area contributed by atoms with Crippen molar-refractivity contribution in [1.29, 1.82) is 0 Å². The van der Waals surface area contributed by atoms with Gasteiger partial charge in [0.2, 0.25) is 0 Å². The quantitative estimate of drug-likeness (QED) is 0.447. The maximum absolute atomic E-state index is 13.4. The molecule has 0 radical (unpaired) electrons. The van der Waals surface area contributed by atoms with Gasteiger partial charge in [-0.25, -0.2) is 4.39 Å². The summed E-state index contributed by atoms with van der Waals surface area (Å²) in [6, 6.07) is 7.97. The second-order valence-corrected chi connectivity index (χ2v) is 6.76. The minimum absolute atomic E-state index is 0.0189. The van der Waals surface area contributed by atoms with E-state index < -0.39 is 34.6 Å². The number of carbonyl (C=O) groups is 2. The standard InChI is InChI=1S/C19H16ClFN2O5/c20-8-1-9-22-17(11-2-4-12(21)5-3-11)16(19(25)26)14-7-6-13(23(27)28)10-15(14)18(22)24/h2-7,10,16-17H,1,8-9H2,(H,25,26)/t16-,17-/m0/s1. The summed E-state index contributed by atoms with van der Waals surface area (Å²) in [7, 11) is 0. The fourth-order valence-corrected chi connectivity index (χ4v) is 3.64. The van der Waals surface area contributed by atoms with Gasteiger partial charge in [-0.1, -0.05) is 18.2 Å². The van der Waals surface area contributed by atoms with Crippen LogP contribution in [0.3, 0.4) is 0 Å². The minimum Gasteiger partial charge on any atom is -0.481 e. The number of hydrogen-bond donors (Lipinski definition) is 1.